The van der Waals surface area contributed by atoms with Crippen LogP contribution < -0.4 is 5.32 Å². The Morgan fingerprint density at radius 3 is 1.03 bits per heavy atom. The van der Waals surface area contributed by atoms with E-state index in [1.165, 1.54) is 289 Å². The average molecular weight is 1080 g/mol. The summed E-state index contributed by atoms with van der Waals surface area (Å²) in [6.07, 6.45) is 86.1. The smallest absolute Gasteiger partial charge is 0.305 e. The summed E-state index contributed by atoms with van der Waals surface area (Å²) in [5.74, 6) is -0.0625. The molecule has 0 aromatic carbocycles. The Bertz CT molecular complexity index is 1290. The van der Waals surface area contributed by atoms with Crippen molar-refractivity contribution < 1.29 is 24.5 Å². The number of carbonyl (C=O) groups is 2. The molecule has 0 fully saturated rings. The molecule has 77 heavy (non-hydrogen) atoms. The number of carbonyl (C=O) groups excluding carboxylic acids is 2. The number of aliphatic hydroxyl groups is 2. The predicted molar refractivity (Wildman–Crippen MR) is 338 cm³/mol. The van der Waals surface area contributed by atoms with Crippen molar-refractivity contribution in [3.8, 4) is 0 Å². The number of rotatable bonds is 64. The third-order valence-corrected chi connectivity index (χ3v) is 15.8. The van der Waals surface area contributed by atoms with E-state index >= 15 is 0 Å². The van der Waals surface area contributed by atoms with Gasteiger partial charge in [-0.1, -0.05) is 313 Å². The number of hydrogen-bond acceptors (Lipinski definition) is 5. The summed E-state index contributed by atoms with van der Waals surface area (Å²) in [5, 5.41) is 23.2. The number of esters is 1. The minimum absolute atomic E-state index is 0.00268. The first-order chi connectivity index (χ1) is 38.0. The van der Waals surface area contributed by atoms with E-state index in [9.17, 15) is 19.8 Å². The van der Waals surface area contributed by atoms with E-state index in [0.29, 0.717) is 19.4 Å². The molecule has 6 nitrogen and oxygen atoms in total. The molecule has 0 radical (unpaired) electrons. The lowest BCUT2D eigenvalue weighted by Gasteiger charge is -2.20. The monoisotopic (exact) mass is 1080 g/mol. The molecule has 0 aromatic rings. The second kappa shape index (κ2) is 66.3. The second-order valence-electron chi connectivity index (χ2n) is 23.5. The summed E-state index contributed by atoms with van der Waals surface area (Å²) in [7, 11) is 0. The van der Waals surface area contributed by atoms with Crippen molar-refractivity contribution in [1.82, 2.24) is 5.32 Å². The maximum Gasteiger partial charge on any atom is 0.305 e. The zero-order valence-electron chi connectivity index (χ0n) is 51.7. The topological polar surface area (TPSA) is 95.9 Å². The fourth-order valence-electron chi connectivity index (χ4n) is 10.5. The third kappa shape index (κ3) is 62.9. The van der Waals surface area contributed by atoms with Crippen LogP contribution in [0.2, 0.25) is 0 Å². The van der Waals surface area contributed by atoms with Gasteiger partial charge in [-0.05, 0) is 89.9 Å². The molecule has 6 heteroatoms. The maximum atomic E-state index is 12.5. The summed E-state index contributed by atoms with van der Waals surface area (Å²) in [5.41, 5.74) is 0. The molecule has 452 valence electrons. The van der Waals surface area contributed by atoms with Crippen LogP contribution in [-0.4, -0.2) is 47.4 Å². The van der Waals surface area contributed by atoms with E-state index in [0.717, 1.165) is 51.4 Å². The lowest BCUT2D eigenvalue weighted by atomic mass is 10.0. The van der Waals surface area contributed by atoms with Crippen molar-refractivity contribution in [2.75, 3.05) is 13.2 Å². The van der Waals surface area contributed by atoms with Gasteiger partial charge in [-0.25, -0.2) is 0 Å². The molecular weight excluding hydrogens is 947 g/mol. The van der Waals surface area contributed by atoms with Crippen LogP contribution in [0.4, 0.5) is 0 Å². The van der Waals surface area contributed by atoms with Crippen LogP contribution in [0.25, 0.3) is 0 Å². The van der Waals surface area contributed by atoms with Crippen LogP contribution in [0.1, 0.15) is 367 Å². The highest BCUT2D eigenvalue weighted by Gasteiger charge is 2.18. The molecule has 0 aliphatic carbocycles. The van der Waals surface area contributed by atoms with Crippen LogP contribution in [0.15, 0.2) is 48.6 Å². The van der Waals surface area contributed by atoms with Gasteiger partial charge in [-0.2, -0.15) is 0 Å². The zero-order valence-corrected chi connectivity index (χ0v) is 51.7. The Morgan fingerprint density at radius 1 is 0.364 bits per heavy atom. The van der Waals surface area contributed by atoms with Crippen molar-refractivity contribution in [2.45, 2.75) is 379 Å². The van der Waals surface area contributed by atoms with Crippen LogP contribution in [0.3, 0.4) is 0 Å². The summed E-state index contributed by atoms with van der Waals surface area (Å²) in [6, 6.07) is -0.628. The van der Waals surface area contributed by atoms with Crippen LogP contribution in [-0.2, 0) is 14.3 Å². The van der Waals surface area contributed by atoms with Crippen molar-refractivity contribution in [3.05, 3.63) is 48.6 Å². The van der Waals surface area contributed by atoms with Crippen molar-refractivity contribution in [2.24, 2.45) is 0 Å². The highest BCUT2D eigenvalue weighted by Crippen LogP contribution is 2.18. The zero-order chi connectivity index (χ0) is 55.7. The van der Waals surface area contributed by atoms with Gasteiger partial charge in [0.2, 0.25) is 5.91 Å². The largest absolute Gasteiger partial charge is 0.466 e. The summed E-state index contributed by atoms with van der Waals surface area (Å²) >= 11 is 0. The number of aliphatic hydroxyl groups excluding tert-OH is 2. The normalized spacial score (nSPS) is 12.8. The fourth-order valence-corrected chi connectivity index (χ4v) is 10.5. The van der Waals surface area contributed by atoms with Crippen LogP contribution >= 0.6 is 0 Å². The van der Waals surface area contributed by atoms with Gasteiger partial charge in [0, 0.05) is 12.8 Å². The molecular formula is C71H133NO5. The molecule has 0 bridgehead atoms. The molecule has 3 N–H and O–H groups in total. The van der Waals surface area contributed by atoms with E-state index in [1.54, 1.807) is 6.08 Å². The summed E-state index contributed by atoms with van der Waals surface area (Å²) in [4.78, 5) is 24.5. The Balaban J connectivity index is 3.42. The number of allylic oxidation sites excluding steroid dienone is 7. The summed E-state index contributed by atoms with van der Waals surface area (Å²) in [6.45, 7) is 4.90. The first-order valence-electron chi connectivity index (χ1n) is 34.4. The van der Waals surface area contributed by atoms with E-state index < -0.39 is 12.1 Å². The Morgan fingerprint density at radius 2 is 0.649 bits per heavy atom. The van der Waals surface area contributed by atoms with Gasteiger partial charge in [0.15, 0.2) is 0 Å². The van der Waals surface area contributed by atoms with Crippen molar-refractivity contribution in [3.63, 3.8) is 0 Å². The van der Waals surface area contributed by atoms with Gasteiger partial charge in [-0.15, -0.1) is 0 Å². The first kappa shape index (κ1) is 74.8. The van der Waals surface area contributed by atoms with Gasteiger partial charge in [0.05, 0.1) is 25.4 Å². The van der Waals surface area contributed by atoms with E-state index in [2.05, 4.69) is 55.6 Å². The van der Waals surface area contributed by atoms with E-state index in [1.807, 2.05) is 6.08 Å². The number of unbranched alkanes of at least 4 members (excludes halogenated alkanes) is 47. The molecule has 0 spiro atoms. The summed E-state index contributed by atoms with van der Waals surface area (Å²) < 4.78 is 5.47. The lowest BCUT2D eigenvalue weighted by Crippen LogP contribution is -2.45. The fraction of sp³-hybridized carbons (Fsp3) is 0.859. The van der Waals surface area contributed by atoms with Crippen LogP contribution in [0.5, 0.6) is 0 Å². The second-order valence-corrected chi connectivity index (χ2v) is 23.5. The lowest BCUT2D eigenvalue weighted by molar-refractivity contribution is -0.143. The third-order valence-electron chi connectivity index (χ3n) is 15.8. The molecule has 1 amide bonds. The van der Waals surface area contributed by atoms with Gasteiger partial charge in [0.25, 0.3) is 0 Å². The minimum Gasteiger partial charge on any atom is -0.466 e. The van der Waals surface area contributed by atoms with Gasteiger partial charge in [-0.3, -0.25) is 9.59 Å². The van der Waals surface area contributed by atoms with Crippen molar-refractivity contribution in [1.29, 1.82) is 0 Å². The molecule has 0 rings (SSSR count). The van der Waals surface area contributed by atoms with Gasteiger partial charge in [0.1, 0.15) is 0 Å². The first-order valence-corrected chi connectivity index (χ1v) is 34.4. The Labute approximate surface area is 480 Å². The molecule has 0 saturated carbocycles. The molecule has 0 heterocycles. The number of nitrogens with one attached hydrogen (secondary N) is 1. The molecule has 0 aromatic heterocycles. The quantitative estimate of drug-likeness (QED) is 0.0320. The number of amides is 1. The van der Waals surface area contributed by atoms with Crippen molar-refractivity contribution >= 4 is 11.9 Å². The highest BCUT2D eigenvalue weighted by molar-refractivity contribution is 5.76. The SMILES string of the molecule is CCCCC/C=C\CCCCCCCC(=O)OCCCCCCCCCCC/C=C\C/C=C\CCCCCCCCCCCCCCCCCC(=O)NC(CO)C(O)/C=C/CCCCCCCCCCCCCCCCC. The Hall–Kier alpha value is -2.18. The molecule has 0 aliphatic heterocycles. The van der Waals surface area contributed by atoms with Crippen LogP contribution in [0, 0.1) is 0 Å². The van der Waals surface area contributed by atoms with Gasteiger partial charge >= 0.3 is 5.97 Å². The molecule has 2 atom stereocenters. The average Bonchev–Trinajstić information content (AvgIpc) is 3.43. The van der Waals surface area contributed by atoms with E-state index in [4.69, 9.17) is 4.74 Å². The molecule has 0 aliphatic rings. The maximum absolute atomic E-state index is 12.5. The standard InChI is InChI=1S/C71H133NO5/c1-3-5-7-9-11-13-15-17-18-34-37-40-43-47-51-55-59-63-69(74)68(67-73)72-70(75)64-60-56-52-48-44-41-38-35-32-30-28-26-24-22-20-19-21-23-25-27-29-31-33-36-39-42-46-50-54-58-62-66-77-71(76)65-61-57-53-49-45-16-14-12-10-8-6-4-2/h12,14,21,23,27,29,59,63,68-69,73-74H,3-11,13,15-20,22,24-26,28,30-58,60-62,64-67H2,1-2H3,(H,72,75)/b14-12-,23-21-,29-27-,63-59+. The predicted octanol–water partition coefficient (Wildman–Crippen LogP) is 22.1. The molecule has 2 unspecified atom stereocenters. The number of ether oxygens (including phenoxy) is 1. The number of hydrogen-bond donors (Lipinski definition) is 3. The minimum atomic E-state index is -0.845. The Kier molecular flexibility index (Phi) is 64.5. The highest BCUT2D eigenvalue weighted by atomic mass is 16.5. The van der Waals surface area contributed by atoms with E-state index in [-0.39, 0.29) is 18.5 Å². The molecule has 0 saturated heterocycles. The van der Waals surface area contributed by atoms with Gasteiger partial charge < -0.3 is 20.3 Å².